The first-order valence-corrected chi connectivity index (χ1v) is 6.63. The second-order valence-electron chi connectivity index (χ2n) is 6.53. The first-order valence-electron chi connectivity index (χ1n) is 6.63. The quantitative estimate of drug-likeness (QED) is 0.766. The summed E-state index contributed by atoms with van der Waals surface area (Å²) in [6.45, 7) is 8.39. The van der Waals surface area contributed by atoms with Gasteiger partial charge in [-0.15, -0.1) is 0 Å². The van der Waals surface area contributed by atoms with Crippen LogP contribution in [0.4, 0.5) is 8.78 Å². The molecule has 3 heteroatoms. The fourth-order valence-corrected chi connectivity index (χ4v) is 2.47. The lowest BCUT2D eigenvalue weighted by molar-refractivity contribution is -0.119. The summed E-state index contributed by atoms with van der Waals surface area (Å²) in [7, 11) is 0. The van der Waals surface area contributed by atoms with Crippen molar-refractivity contribution in [2.75, 3.05) is 0 Å². The summed E-state index contributed by atoms with van der Waals surface area (Å²) < 4.78 is 26.4. The van der Waals surface area contributed by atoms with Crippen LogP contribution in [0.1, 0.15) is 46.1 Å². The standard InChI is InChI=1S/C16H22F2O/c1-11(10-16(2,3)4)7-14(19)9-12-8-13(17)5-6-15(12)18/h5-6,8,11H,7,9-10H2,1-4H3. The van der Waals surface area contributed by atoms with E-state index < -0.39 is 11.6 Å². The van der Waals surface area contributed by atoms with Gasteiger partial charge in [0, 0.05) is 12.8 Å². The minimum atomic E-state index is -0.516. The molecule has 1 rings (SSSR count). The molecule has 1 aromatic rings. The fourth-order valence-electron chi connectivity index (χ4n) is 2.47. The van der Waals surface area contributed by atoms with Crippen LogP contribution in [-0.2, 0) is 11.2 Å². The highest BCUT2D eigenvalue weighted by atomic mass is 19.1. The first-order chi connectivity index (χ1) is 8.67. The van der Waals surface area contributed by atoms with Crippen LogP contribution < -0.4 is 0 Å². The van der Waals surface area contributed by atoms with Crippen LogP contribution in [0.5, 0.6) is 0 Å². The average molecular weight is 268 g/mol. The van der Waals surface area contributed by atoms with Gasteiger partial charge in [0.05, 0.1) is 0 Å². The van der Waals surface area contributed by atoms with Gasteiger partial charge in [-0.1, -0.05) is 27.7 Å². The summed E-state index contributed by atoms with van der Waals surface area (Å²) in [5.41, 5.74) is 0.317. The normalized spacial score (nSPS) is 13.4. The second-order valence-corrected chi connectivity index (χ2v) is 6.53. The van der Waals surface area contributed by atoms with Gasteiger partial charge in [0.1, 0.15) is 17.4 Å². The summed E-state index contributed by atoms with van der Waals surface area (Å²) >= 11 is 0. The molecule has 0 bridgehead atoms. The minimum absolute atomic E-state index is 0.0297. The maximum atomic E-state index is 13.4. The predicted octanol–water partition coefficient (Wildman–Crippen LogP) is 4.54. The van der Waals surface area contributed by atoms with Crippen molar-refractivity contribution < 1.29 is 13.6 Å². The Bertz CT molecular complexity index is 447. The molecule has 0 spiro atoms. The van der Waals surface area contributed by atoms with Gasteiger partial charge >= 0.3 is 0 Å². The Hall–Kier alpha value is -1.25. The summed E-state index contributed by atoms with van der Waals surface area (Å²) in [4.78, 5) is 11.9. The number of halogens is 2. The van der Waals surface area contributed by atoms with E-state index in [0.717, 1.165) is 24.6 Å². The Balaban J connectivity index is 2.58. The molecule has 0 aliphatic carbocycles. The fraction of sp³-hybridized carbons (Fsp3) is 0.562. The third-order valence-electron chi connectivity index (χ3n) is 2.93. The van der Waals surface area contributed by atoms with E-state index >= 15 is 0 Å². The first kappa shape index (κ1) is 15.8. The molecular weight excluding hydrogens is 246 g/mol. The van der Waals surface area contributed by atoms with E-state index in [1.807, 2.05) is 6.92 Å². The van der Waals surface area contributed by atoms with E-state index in [1.165, 1.54) is 0 Å². The Kier molecular flexibility index (Phi) is 5.21. The molecule has 0 saturated heterocycles. The molecule has 1 unspecified atom stereocenters. The van der Waals surface area contributed by atoms with Crippen LogP contribution in [-0.4, -0.2) is 5.78 Å². The number of carbonyl (C=O) groups is 1. The Morgan fingerprint density at radius 3 is 2.47 bits per heavy atom. The highest BCUT2D eigenvalue weighted by Gasteiger charge is 2.18. The van der Waals surface area contributed by atoms with E-state index in [4.69, 9.17) is 0 Å². The summed E-state index contributed by atoms with van der Waals surface area (Å²) in [6, 6.07) is 3.23. The third kappa shape index (κ3) is 5.95. The molecule has 0 aliphatic heterocycles. The zero-order valence-electron chi connectivity index (χ0n) is 12.1. The van der Waals surface area contributed by atoms with Crippen molar-refractivity contribution in [3.63, 3.8) is 0 Å². The lowest BCUT2D eigenvalue weighted by atomic mass is 9.83. The summed E-state index contributed by atoms with van der Waals surface area (Å²) in [5, 5.41) is 0. The SMILES string of the molecule is CC(CC(=O)Cc1cc(F)ccc1F)CC(C)(C)C. The van der Waals surface area contributed by atoms with Gasteiger partial charge in [-0.2, -0.15) is 0 Å². The average Bonchev–Trinajstić information content (AvgIpc) is 2.20. The Morgan fingerprint density at radius 1 is 1.26 bits per heavy atom. The number of rotatable bonds is 5. The molecule has 0 aromatic heterocycles. The molecule has 0 aliphatic rings. The third-order valence-corrected chi connectivity index (χ3v) is 2.93. The Morgan fingerprint density at radius 2 is 1.89 bits per heavy atom. The molecule has 0 radical (unpaired) electrons. The van der Waals surface area contributed by atoms with Crippen LogP contribution in [0, 0.1) is 23.0 Å². The number of benzene rings is 1. The van der Waals surface area contributed by atoms with Crippen LogP contribution in [0.15, 0.2) is 18.2 Å². The molecule has 0 N–H and O–H groups in total. The predicted molar refractivity (Wildman–Crippen MR) is 72.9 cm³/mol. The lowest BCUT2D eigenvalue weighted by Crippen LogP contribution is -2.15. The van der Waals surface area contributed by atoms with Crippen molar-refractivity contribution in [3.8, 4) is 0 Å². The van der Waals surface area contributed by atoms with Crippen molar-refractivity contribution in [2.24, 2.45) is 11.3 Å². The number of hydrogen-bond acceptors (Lipinski definition) is 1. The smallest absolute Gasteiger partial charge is 0.137 e. The van der Waals surface area contributed by atoms with Crippen LogP contribution >= 0.6 is 0 Å². The van der Waals surface area contributed by atoms with Crippen molar-refractivity contribution in [3.05, 3.63) is 35.4 Å². The highest BCUT2D eigenvalue weighted by Crippen LogP contribution is 2.26. The van der Waals surface area contributed by atoms with Crippen LogP contribution in [0.2, 0.25) is 0 Å². The summed E-state index contributed by atoms with van der Waals surface area (Å²) in [5.74, 6) is -0.810. The molecule has 0 fully saturated rings. The second kappa shape index (κ2) is 6.27. The van der Waals surface area contributed by atoms with Crippen molar-refractivity contribution in [2.45, 2.75) is 47.0 Å². The number of ketones is 1. The maximum absolute atomic E-state index is 13.4. The lowest BCUT2D eigenvalue weighted by Gasteiger charge is -2.22. The van der Waals surface area contributed by atoms with Gasteiger partial charge in [0.15, 0.2) is 0 Å². The van der Waals surface area contributed by atoms with E-state index in [9.17, 15) is 13.6 Å². The molecule has 0 amide bonds. The molecule has 1 atom stereocenters. The molecule has 106 valence electrons. The van der Waals surface area contributed by atoms with Crippen LogP contribution in [0.3, 0.4) is 0 Å². The minimum Gasteiger partial charge on any atom is -0.299 e. The summed E-state index contributed by atoms with van der Waals surface area (Å²) in [6.07, 6.45) is 1.32. The van der Waals surface area contributed by atoms with Gasteiger partial charge in [0.2, 0.25) is 0 Å². The van der Waals surface area contributed by atoms with Gasteiger partial charge in [-0.25, -0.2) is 8.78 Å². The van der Waals surface area contributed by atoms with Gasteiger partial charge < -0.3 is 0 Å². The number of Topliss-reactive ketones (excluding diaryl/α,β-unsaturated/α-hetero) is 1. The zero-order chi connectivity index (χ0) is 14.6. The van der Waals surface area contributed by atoms with Crippen LogP contribution in [0.25, 0.3) is 0 Å². The maximum Gasteiger partial charge on any atom is 0.137 e. The highest BCUT2D eigenvalue weighted by molar-refractivity contribution is 5.81. The monoisotopic (exact) mass is 268 g/mol. The van der Waals surface area contributed by atoms with E-state index in [-0.39, 0.29) is 29.1 Å². The van der Waals surface area contributed by atoms with Gasteiger partial charge in [-0.05, 0) is 41.5 Å². The largest absolute Gasteiger partial charge is 0.299 e. The molecule has 1 aromatic carbocycles. The zero-order valence-corrected chi connectivity index (χ0v) is 12.1. The molecule has 19 heavy (non-hydrogen) atoms. The van der Waals surface area contributed by atoms with Crippen molar-refractivity contribution in [1.82, 2.24) is 0 Å². The molecular formula is C16H22F2O. The van der Waals surface area contributed by atoms with Gasteiger partial charge in [0.25, 0.3) is 0 Å². The number of hydrogen-bond donors (Lipinski definition) is 0. The van der Waals surface area contributed by atoms with Crippen molar-refractivity contribution in [1.29, 1.82) is 0 Å². The molecule has 0 saturated carbocycles. The molecule has 1 nitrogen and oxygen atoms in total. The molecule has 0 heterocycles. The van der Waals surface area contributed by atoms with E-state index in [2.05, 4.69) is 20.8 Å². The van der Waals surface area contributed by atoms with Gasteiger partial charge in [-0.3, -0.25) is 4.79 Å². The number of carbonyl (C=O) groups excluding carboxylic acids is 1. The Labute approximate surface area is 114 Å². The van der Waals surface area contributed by atoms with E-state index in [1.54, 1.807) is 0 Å². The van der Waals surface area contributed by atoms with Crippen molar-refractivity contribution >= 4 is 5.78 Å². The van der Waals surface area contributed by atoms with E-state index in [0.29, 0.717) is 6.42 Å². The topological polar surface area (TPSA) is 17.1 Å².